The standard InChI is InChI=1S/C18H24ClF3N2O3/c1-3-9-27-16-14(19)10-13(11-15(16)26-2)17(25)24-6-4-5-23(7-8-24)12-18(20,21)22/h10-11H,3-9,12H2,1-2H3. The molecule has 0 unspecified atom stereocenters. The molecule has 0 N–H and O–H groups in total. The van der Waals surface area contributed by atoms with Crippen molar-refractivity contribution in [3.63, 3.8) is 0 Å². The van der Waals surface area contributed by atoms with Crippen LogP contribution in [0.15, 0.2) is 12.1 Å². The first-order chi connectivity index (χ1) is 12.7. The fraction of sp³-hybridized carbons (Fsp3) is 0.611. The van der Waals surface area contributed by atoms with Crippen LogP contribution in [0.25, 0.3) is 0 Å². The fourth-order valence-electron chi connectivity index (χ4n) is 2.96. The number of benzene rings is 1. The maximum Gasteiger partial charge on any atom is 0.401 e. The number of carbonyl (C=O) groups is 1. The Kier molecular flexibility index (Phi) is 7.61. The third-order valence-electron chi connectivity index (χ3n) is 4.21. The lowest BCUT2D eigenvalue weighted by atomic mass is 10.1. The largest absolute Gasteiger partial charge is 0.493 e. The summed E-state index contributed by atoms with van der Waals surface area (Å²) in [6, 6.07) is 3.06. The summed E-state index contributed by atoms with van der Waals surface area (Å²) in [6.45, 7) is 2.55. The predicted molar refractivity (Wildman–Crippen MR) is 96.8 cm³/mol. The molecule has 1 saturated heterocycles. The Morgan fingerprint density at radius 1 is 1.22 bits per heavy atom. The van der Waals surface area contributed by atoms with E-state index in [-0.39, 0.29) is 24.0 Å². The van der Waals surface area contributed by atoms with E-state index in [0.717, 1.165) is 6.42 Å². The van der Waals surface area contributed by atoms with Crippen molar-refractivity contribution in [1.82, 2.24) is 9.80 Å². The normalized spacial score (nSPS) is 16.1. The molecule has 0 bridgehead atoms. The van der Waals surface area contributed by atoms with Gasteiger partial charge < -0.3 is 14.4 Å². The van der Waals surface area contributed by atoms with Crippen LogP contribution in [0.3, 0.4) is 0 Å². The van der Waals surface area contributed by atoms with Gasteiger partial charge in [-0.3, -0.25) is 9.69 Å². The van der Waals surface area contributed by atoms with Gasteiger partial charge in [0.2, 0.25) is 0 Å². The van der Waals surface area contributed by atoms with Gasteiger partial charge in [0, 0.05) is 31.7 Å². The highest BCUT2D eigenvalue weighted by Crippen LogP contribution is 2.37. The van der Waals surface area contributed by atoms with E-state index in [4.69, 9.17) is 21.1 Å². The van der Waals surface area contributed by atoms with Crippen LogP contribution in [0.4, 0.5) is 13.2 Å². The molecule has 1 heterocycles. The highest BCUT2D eigenvalue weighted by atomic mass is 35.5. The first kappa shape index (κ1) is 21.6. The summed E-state index contributed by atoms with van der Waals surface area (Å²) < 4.78 is 48.6. The molecule has 0 aromatic heterocycles. The van der Waals surface area contributed by atoms with Crippen molar-refractivity contribution in [1.29, 1.82) is 0 Å². The Bertz CT molecular complexity index is 655. The molecule has 5 nitrogen and oxygen atoms in total. The minimum Gasteiger partial charge on any atom is -0.493 e. The second kappa shape index (κ2) is 9.50. The molecule has 0 spiro atoms. The van der Waals surface area contributed by atoms with E-state index in [2.05, 4.69) is 0 Å². The Morgan fingerprint density at radius 2 is 1.96 bits per heavy atom. The van der Waals surface area contributed by atoms with Crippen molar-refractivity contribution < 1.29 is 27.4 Å². The average molecular weight is 409 g/mol. The van der Waals surface area contributed by atoms with Gasteiger partial charge in [-0.05, 0) is 25.0 Å². The summed E-state index contributed by atoms with van der Waals surface area (Å²) in [5.41, 5.74) is 0.324. The van der Waals surface area contributed by atoms with Gasteiger partial charge in [-0.2, -0.15) is 13.2 Å². The lowest BCUT2D eigenvalue weighted by Crippen LogP contribution is -2.38. The molecule has 1 aliphatic heterocycles. The molecule has 1 amide bonds. The van der Waals surface area contributed by atoms with Crippen LogP contribution in [0, 0.1) is 0 Å². The zero-order valence-electron chi connectivity index (χ0n) is 15.4. The fourth-order valence-corrected chi connectivity index (χ4v) is 3.22. The molecule has 27 heavy (non-hydrogen) atoms. The van der Waals surface area contributed by atoms with Crippen molar-refractivity contribution in [3.05, 3.63) is 22.7 Å². The van der Waals surface area contributed by atoms with Gasteiger partial charge in [0.25, 0.3) is 5.91 Å². The molecule has 1 aromatic rings. The number of hydrogen-bond acceptors (Lipinski definition) is 4. The Labute approximate surface area is 162 Å². The van der Waals surface area contributed by atoms with Gasteiger partial charge in [0.05, 0.1) is 25.3 Å². The van der Waals surface area contributed by atoms with Crippen molar-refractivity contribution in [2.45, 2.75) is 25.9 Å². The van der Waals surface area contributed by atoms with Gasteiger partial charge in [-0.1, -0.05) is 18.5 Å². The van der Waals surface area contributed by atoms with E-state index in [1.807, 2.05) is 6.92 Å². The van der Waals surface area contributed by atoms with Crippen molar-refractivity contribution in [2.24, 2.45) is 0 Å². The number of ether oxygens (including phenoxy) is 2. The second-order valence-corrected chi connectivity index (χ2v) is 6.78. The average Bonchev–Trinajstić information content (AvgIpc) is 2.83. The Morgan fingerprint density at radius 3 is 2.59 bits per heavy atom. The van der Waals surface area contributed by atoms with E-state index in [0.29, 0.717) is 43.2 Å². The summed E-state index contributed by atoms with van der Waals surface area (Å²) >= 11 is 6.25. The van der Waals surface area contributed by atoms with Crippen molar-refractivity contribution in [3.8, 4) is 11.5 Å². The zero-order chi connectivity index (χ0) is 20.0. The highest BCUT2D eigenvalue weighted by molar-refractivity contribution is 6.32. The Balaban J connectivity index is 2.11. The van der Waals surface area contributed by atoms with E-state index in [1.54, 1.807) is 11.0 Å². The van der Waals surface area contributed by atoms with Crippen LogP contribution in [-0.2, 0) is 0 Å². The molecule has 0 radical (unpaired) electrons. The number of nitrogens with zero attached hydrogens (tertiary/aromatic N) is 2. The van der Waals surface area contributed by atoms with E-state index in [1.165, 1.54) is 18.1 Å². The van der Waals surface area contributed by atoms with Crippen molar-refractivity contribution >= 4 is 17.5 Å². The third kappa shape index (κ3) is 6.17. The maximum absolute atomic E-state index is 12.8. The molecular formula is C18H24ClF3N2O3. The summed E-state index contributed by atoms with van der Waals surface area (Å²) in [6.07, 6.45) is -2.97. The molecule has 1 aromatic carbocycles. The molecule has 1 fully saturated rings. The van der Waals surface area contributed by atoms with Gasteiger partial charge in [0.15, 0.2) is 11.5 Å². The topological polar surface area (TPSA) is 42.0 Å². The van der Waals surface area contributed by atoms with Crippen LogP contribution in [0.2, 0.25) is 5.02 Å². The Hall–Kier alpha value is -1.67. The van der Waals surface area contributed by atoms with Gasteiger partial charge in [-0.15, -0.1) is 0 Å². The van der Waals surface area contributed by atoms with Crippen LogP contribution >= 0.6 is 11.6 Å². The van der Waals surface area contributed by atoms with E-state index >= 15 is 0 Å². The quantitative estimate of drug-likeness (QED) is 0.717. The molecule has 0 atom stereocenters. The van der Waals surface area contributed by atoms with E-state index < -0.39 is 12.7 Å². The van der Waals surface area contributed by atoms with Gasteiger partial charge >= 0.3 is 6.18 Å². The molecular weight excluding hydrogens is 385 g/mol. The maximum atomic E-state index is 12.8. The summed E-state index contributed by atoms with van der Waals surface area (Å²) in [7, 11) is 1.46. The number of halogens is 4. The van der Waals surface area contributed by atoms with Crippen LogP contribution in [-0.4, -0.2) is 68.3 Å². The number of amides is 1. The summed E-state index contributed by atoms with van der Waals surface area (Å²) in [4.78, 5) is 15.7. The van der Waals surface area contributed by atoms with E-state index in [9.17, 15) is 18.0 Å². The molecule has 9 heteroatoms. The van der Waals surface area contributed by atoms with Crippen LogP contribution in [0.5, 0.6) is 11.5 Å². The molecule has 0 saturated carbocycles. The van der Waals surface area contributed by atoms with Gasteiger partial charge in [-0.25, -0.2) is 0 Å². The zero-order valence-corrected chi connectivity index (χ0v) is 16.2. The minimum atomic E-state index is -4.24. The molecule has 1 aliphatic rings. The predicted octanol–water partition coefficient (Wildman–Crippen LogP) is 3.85. The molecule has 2 rings (SSSR count). The number of carbonyl (C=O) groups excluding carboxylic acids is 1. The smallest absolute Gasteiger partial charge is 0.401 e. The van der Waals surface area contributed by atoms with Gasteiger partial charge in [0.1, 0.15) is 0 Å². The SMILES string of the molecule is CCCOc1c(Cl)cc(C(=O)N2CCCN(CC(F)(F)F)CC2)cc1OC. The first-order valence-electron chi connectivity index (χ1n) is 8.84. The van der Waals surface area contributed by atoms with Crippen LogP contribution in [0.1, 0.15) is 30.1 Å². The molecule has 152 valence electrons. The number of rotatable bonds is 6. The second-order valence-electron chi connectivity index (χ2n) is 6.37. The summed E-state index contributed by atoms with van der Waals surface area (Å²) in [5, 5.41) is 0.264. The minimum absolute atomic E-state index is 0.174. The number of methoxy groups -OCH3 is 1. The summed E-state index contributed by atoms with van der Waals surface area (Å²) in [5.74, 6) is 0.448. The monoisotopic (exact) mass is 408 g/mol. The number of alkyl halides is 3. The van der Waals surface area contributed by atoms with Crippen molar-refractivity contribution in [2.75, 3.05) is 46.4 Å². The van der Waals surface area contributed by atoms with Crippen LogP contribution < -0.4 is 9.47 Å². The number of hydrogen-bond donors (Lipinski definition) is 0. The lowest BCUT2D eigenvalue weighted by Gasteiger charge is -2.23. The first-order valence-corrected chi connectivity index (χ1v) is 9.21. The lowest BCUT2D eigenvalue weighted by molar-refractivity contribution is -0.145. The molecule has 0 aliphatic carbocycles. The highest BCUT2D eigenvalue weighted by Gasteiger charge is 2.32. The third-order valence-corrected chi connectivity index (χ3v) is 4.49.